The Labute approximate surface area is 84.9 Å². The summed E-state index contributed by atoms with van der Waals surface area (Å²) in [7, 11) is 0. The van der Waals surface area contributed by atoms with Crippen LogP contribution in [0.3, 0.4) is 0 Å². The van der Waals surface area contributed by atoms with E-state index < -0.39 is 23.9 Å². The molecule has 96 valence electrons. The summed E-state index contributed by atoms with van der Waals surface area (Å²) in [4.78, 5) is 14.3. The maximum absolute atomic E-state index is 12.2. The molecule has 0 spiro atoms. The number of alkyl halides is 6. The summed E-state index contributed by atoms with van der Waals surface area (Å²) in [5.41, 5.74) is 0. The highest BCUT2D eigenvalue weighted by molar-refractivity contribution is 4.76. The van der Waals surface area contributed by atoms with Crippen molar-refractivity contribution in [3.8, 4) is 0 Å². The van der Waals surface area contributed by atoms with Crippen molar-refractivity contribution in [2.24, 2.45) is 0 Å². The molecule has 1 rings (SSSR count). The second kappa shape index (κ2) is 3.45. The van der Waals surface area contributed by atoms with E-state index in [1.54, 1.807) is 0 Å². The van der Waals surface area contributed by atoms with Crippen molar-refractivity contribution in [2.75, 3.05) is 0 Å². The summed E-state index contributed by atoms with van der Waals surface area (Å²) in [6.07, 6.45) is -10.2. The third-order valence-corrected chi connectivity index (χ3v) is 1.75. The molecule has 0 aromatic heterocycles. The lowest BCUT2D eigenvalue weighted by molar-refractivity contribution is -0.697. The Morgan fingerprint density at radius 1 is 0.625 bits per heavy atom. The normalized spacial score (nSPS) is 37.5. The molecule has 1 saturated heterocycles. The Balaban J connectivity index is 2.79. The molecule has 0 N–H and O–H groups in total. The fourth-order valence-electron chi connectivity index (χ4n) is 0.535. The van der Waals surface area contributed by atoms with E-state index in [1.165, 1.54) is 0 Å². The smallest absolute Gasteiger partial charge is 0.185 e. The summed E-state index contributed by atoms with van der Waals surface area (Å²) in [5.74, 6) is -6.81. The molecular formula is C6H6F6O4. The van der Waals surface area contributed by atoms with E-state index in [4.69, 9.17) is 0 Å². The lowest BCUT2D eigenvalue weighted by atomic mass is 10.3. The maximum atomic E-state index is 12.2. The average Bonchev–Trinajstić information content (AvgIpc) is 2.07. The van der Waals surface area contributed by atoms with Gasteiger partial charge in [-0.05, 0) is 0 Å². The minimum atomic E-state index is -5.11. The zero-order valence-electron chi connectivity index (χ0n) is 7.90. The Hall–Kier alpha value is -0.580. The predicted molar refractivity (Wildman–Crippen MR) is 33.3 cm³/mol. The molecule has 0 saturated carbocycles. The minimum Gasteiger partial charge on any atom is -0.185 e. The highest BCUT2D eigenvalue weighted by atomic mass is 19.4. The first-order valence-corrected chi connectivity index (χ1v) is 3.78. The first-order valence-electron chi connectivity index (χ1n) is 3.78. The summed E-state index contributed by atoms with van der Waals surface area (Å²) in [6, 6.07) is 0. The van der Waals surface area contributed by atoms with Crippen LogP contribution in [-0.4, -0.2) is 23.9 Å². The van der Waals surface area contributed by atoms with Gasteiger partial charge in [-0.25, -0.2) is 0 Å². The van der Waals surface area contributed by atoms with E-state index >= 15 is 0 Å². The summed E-state index contributed by atoms with van der Waals surface area (Å²) in [6.45, 7) is 0.617. The number of rotatable bonds is 0. The van der Waals surface area contributed by atoms with Crippen molar-refractivity contribution in [1.82, 2.24) is 0 Å². The van der Waals surface area contributed by atoms with Crippen LogP contribution in [0.2, 0.25) is 0 Å². The van der Waals surface area contributed by atoms with E-state index in [0.717, 1.165) is 0 Å². The Morgan fingerprint density at radius 2 is 0.812 bits per heavy atom. The highest BCUT2D eigenvalue weighted by Gasteiger charge is 2.67. The van der Waals surface area contributed by atoms with Crippen LogP contribution in [-0.2, 0) is 19.6 Å². The van der Waals surface area contributed by atoms with E-state index in [2.05, 4.69) is 19.6 Å². The van der Waals surface area contributed by atoms with Gasteiger partial charge in [-0.1, -0.05) is 0 Å². The molecule has 0 unspecified atom stereocenters. The van der Waals surface area contributed by atoms with Gasteiger partial charge in [0.15, 0.2) is 0 Å². The van der Waals surface area contributed by atoms with Gasteiger partial charge in [0.1, 0.15) is 0 Å². The summed E-state index contributed by atoms with van der Waals surface area (Å²) in [5, 5.41) is 0. The van der Waals surface area contributed by atoms with Gasteiger partial charge in [-0.3, -0.25) is 0 Å². The first kappa shape index (κ1) is 13.5. The molecule has 1 fully saturated rings. The molecule has 0 aromatic carbocycles. The highest BCUT2D eigenvalue weighted by Crippen LogP contribution is 2.44. The molecule has 16 heavy (non-hydrogen) atoms. The molecule has 1 heterocycles. The lowest BCUT2D eigenvalue weighted by Crippen LogP contribution is -2.59. The predicted octanol–water partition coefficient (Wildman–Crippen LogP) is 2.45. The van der Waals surface area contributed by atoms with Gasteiger partial charge in [0.25, 0.3) is 0 Å². The molecular weight excluding hydrogens is 250 g/mol. The maximum Gasteiger partial charge on any atom is 0.448 e. The molecule has 0 radical (unpaired) electrons. The van der Waals surface area contributed by atoms with Crippen LogP contribution in [0, 0.1) is 0 Å². The van der Waals surface area contributed by atoms with E-state index in [1.807, 2.05) is 0 Å². The minimum absolute atomic E-state index is 0.308. The van der Waals surface area contributed by atoms with Crippen LogP contribution in [0.5, 0.6) is 0 Å². The fraction of sp³-hybridized carbons (Fsp3) is 1.00. The SMILES string of the molecule is CC1(C(F)(F)F)OOC(C)(C(F)(F)F)OO1. The van der Waals surface area contributed by atoms with Crippen molar-refractivity contribution in [1.29, 1.82) is 0 Å². The summed E-state index contributed by atoms with van der Waals surface area (Å²) < 4.78 is 73.1. The van der Waals surface area contributed by atoms with Crippen LogP contribution >= 0.6 is 0 Å². The number of hydrogen-bond acceptors (Lipinski definition) is 4. The average molecular weight is 256 g/mol. The zero-order valence-corrected chi connectivity index (χ0v) is 7.90. The molecule has 1 aliphatic rings. The van der Waals surface area contributed by atoms with Crippen LogP contribution in [0.15, 0.2) is 0 Å². The van der Waals surface area contributed by atoms with E-state index in [9.17, 15) is 26.3 Å². The monoisotopic (exact) mass is 256 g/mol. The van der Waals surface area contributed by atoms with Gasteiger partial charge in [-0.15, -0.1) is 0 Å². The van der Waals surface area contributed by atoms with Crippen LogP contribution < -0.4 is 0 Å². The molecule has 0 atom stereocenters. The Bertz CT molecular complexity index is 235. The molecule has 4 nitrogen and oxygen atoms in total. The topological polar surface area (TPSA) is 36.9 Å². The quantitative estimate of drug-likeness (QED) is 0.492. The molecule has 0 aromatic rings. The lowest BCUT2D eigenvalue weighted by Gasteiger charge is -2.40. The second-order valence-electron chi connectivity index (χ2n) is 3.22. The van der Waals surface area contributed by atoms with Gasteiger partial charge in [0.2, 0.25) is 0 Å². The number of halogens is 6. The molecule has 0 bridgehead atoms. The van der Waals surface area contributed by atoms with Gasteiger partial charge < -0.3 is 0 Å². The van der Waals surface area contributed by atoms with Crippen molar-refractivity contribution < 1.29 is 45.9 Å². The van der Waals surface area contributed by atoms with Crippen molar-refractivity contribution >= 4 is 0 Å². The van der Waals surface area contributed by atoms with Crippen LogP contribution in [0.4, 0.5) is 26.3 Å². The first-order chi connectivity index (χ1) is 6.91. The third-order valence-electron chi connectivity index (χ3n) is 1.75. The third kappa shape index (κ3) is 2.10. The van der Waals surface area contributed by atoms with Crippen LogP contribution in [0.1, 0.15) is 13.8 Å². The standard InChI is InChI=1S/C6H6F6O4/c1-3(5(7,8)9)13-15-4(2,16-14-3)6(10,11)12/h1-2H3. The van der Waals surface area contributed by atoms with Crippen molar-refractivity contribution in [3.05, 3.63) is 0 Å². The molecule has 0 amide bonds. The number of hydrogen-bond donors (Lipinski definition) is 0. The molecule has 1 aliphatic heterocycles. The van der Waals surface area contributed by atoms with Crippen molar-refractivity contribution in [3.63, 3.8) is 0 Å². The second-order valence-corrected chi connectivity index (χ2v) is 3.22. The van der Waals surface area contributed by atoms with Crippen LogP contribution in [0.25, 0.3) is 0 Å². The Morgan fingerprint density at radius 3 is 0.938 bits per heavy atom. The van der Waals surface area contributed by atoms with Gasteiger partial charge >= 0.3 is 23.9 Å². The van der Waals surface area contributed by atoms with E-state index in [-0.39, 0.29) is 0 Å². The van der Waals surface area contributed by atoms with Gasteiger partial charge in [-0.2, -0.15) is 45.9 Å². The Kier molecular flexibility index (Phi) is 2.91. The largest absolute Gasteiger partial charge is 0.448 e. The van der Waals surface area contributed by atoms with Crippen molar-refractivity contribution in [2.45, 2.75) is 37.8 Å². The molecule has 0 aliphatic carbocycles. The molecule has 10 heteroatoms. The zero-order chi connectivity index (χ0) is 12.8. The van der Waals surface area contributed by atoms with Gasteiger partial charge in [0.05, 0.1) is 0 Å². The van der Waals surface area contributed by atoms with E-state index in [0.29, 0.717) is 13.8 Å². The summed E-state index contributed by atoms with van der Waals surface area (Å²) >= 11 is 0. The fourth-order valence-corrected chi connectivity index (χ4v) is 0.535. The van der Waals surface area contributed by atoms with Gasteiger partial charge in [0, 0.05) is 13.8 Å².